The molecular formula is C18H21ClN4O2S. The van der Waals surface area contributed by atoms with Crippen LogP contribution in [0.5, 0.6) is 0 Å². The van der Waals surface area contributed by atoms with Gasteiger partial charge < -0.3 is 15.4 Å². The van der Waals surface area contributed by atoms with Crippen molar-refractivity contribution < 1.29 is 9.53 Å². The van der Waals surface area contributed by atoms with Crippen LogP contribution in [0.4, 0.5) is 5.82 Å². The van der Waals surface area contributed by atoms with Gasteiger partial charge >= 0.3 is 0 Å². The summed E-state index contributed by atoms with van der Waals surface area (Å²) < 4.78 is 5.49. The number of ether oxygens (including phenoxy) is 1. The van der Waals surface area contributed by atoms with Crippen molar-refractivity contribution in [3.05, 3.63) is 47.2 Å². The number of nitrogens with zero attached hydrogens (tertiary/aromatic N) is 2. The molecule has 8 heteroatoms. The van der Waals surface area contributed by atoms with Crippen molar-refractivity contribution in [1.29, 1.82) is 0 Å². The zero-order chi connectivity index (χ0) is 18.2. The number of aromatic nitrogens is 2. The number of carbonyl (C=O) groups is 1. The molecule has 26 heavy (non-hydrogen) atoms. The molecule has 1 saturated heterocycles. The van der Waals surface area contributed by atoms with Gasteiger partial charge in [0.2, 0.25) is 5.91 Å². The minimum Gasteiger partial charge on any atom is -0.376 e. The lowest BCUT2D eigenvalue weighted by Crippen LogP contribution is -2.32. The van der Waals surface area contributed by atoms with E-state index in [1.165, 1.54) is 18.1 Å². The Kier molecular flexibility index (Phi) is 7.11. The summed E-state index contributed by atoms with van der Waals surface area (Å²) in [5, 5.41) is 7.62. The Bertz CT molecular complexity index is 723. The van der Waals surface area contributed by atoms with E-state index in [0.717, 1.165) is 35.9 Å². The maximum absolute atomic E-state index is 11.9. The molecule has 1 aliphatic rings. The highest BCUT2D eigenvalue weighted by molar-refractivity contribution is 7.99. The molecular weight excluding hydrogens is 372 g/mol. The topological polar surface area (TPSA) is 76.1 Å². The summed E-state index contributed by atoms with van der Waals surface area (Å²) >= 11 is 7.27. The number of hydrogen-bond acceptors (Lipinski definition) is 6. The van der Waals surface area contributed by atoms with E-state index in [1.54, 1.807) is 0 Å². The zero-order valence-electron chi connectivity index (χ0n) is 14.3. The number of hydrogen-bond donors (Lipinski definition) is 2. The van der Waals surface area contributed by atoms with Crippen LogP contribution in [0.25, 0.3) is 0 Å². The van der Waals surface area contributed by atoms with E-state index in [9.17, 15) is 4.79 Å². The zero-order valence-corrected chi connectivity index (χ0v) is 15.9. The molecule has 0 spiro atoms. The van der Waals surface area contributed by atoms with Crippen LogP contribution in [0, 0.1) is 0 Å². The largest absolute Gasteiger partial charge is 0.376 e. The summed E-state index contributed by atoms with van der Waals surface area (Å²) in [4.78, 5) is 20.4. The van der Waals surface area contributed by atoms with Crippen LogP contribution >= 0.6 is 23.4 Å². The fraction of sp³-hybridized carbons (Fsp3) is 0.389. The van der Waals surface area contributed by atoms with Gasteiger partial charge in [0.1, 0.15) is 17.2 Å². The van der Waals surface area contributed by atoms with E-state index < -0.39 is 0 Å². The first kappa shape index (κ1) is 18.9. The molecule has 0 bridgehead atoms. The average molecular weight is 393 g/mol. The van der Waals surface area contributed by atoms with Gasteiger partial charge in [-0.05, 0) is 30.5 Å². The maximum atomic E-state index is 11.9. The van der Waals surface area contributed by atoms with E-state index in [1.807, 2.05) is 30.3 Å². The van der Waals surface area contributed by atoms with Crippen LogP contribution < -0.4 is 10.6 Å². The molecule has 1 atom stereocenters. The van der Waals surface area contributed by atoms with Gasteiger partial charge in [0.25, 0.3) is 0 Å². The second-order valence-electron chi connectivity index (χ2n) is 5.95. The number of halogens is 1. The predicted octanol–water partition coefficient (Wildman–Crippen LogP) is 3.13. The van der Waals surface area contributed by atoms with Gasteiger partial charge in [0.05, 0.1) is 11.9 Å². The molecule has 1 amide bonds. The van der Waals surface area contributed by atoms with Gasteiger partial charge in [-0.1, -0.05) is 35.5 Å². The fourth-order valence-corrected chi connectivity index (χ4v) is 3.36. The molecule has 1 aliphatic heterocycles. The quantitative estimate of drug-likeness (QED) is 0.531. The summed E-state index contributed by atoms with van der Waals surface area (Å²) in [6.45, 7) is 2.01. The molecule has 1 unspecified atom stereocenters. The summed E-state index contributed by atoms with van der Waals surface area (Å²) in [7, 11) is 0. The highest BCUT2D eigenvalue weighted by Gasteiger charge is 2.16. The molecule has 2 aromatic rings. The van der Waals surface area contributed by atoms with Gasteiger partial charge in [-0.15, -0.1) is 0 Å². The van der Waals surface area contributed by atoms with Crippen molar-refractivity contribution in [2.75, 3.05) is 24.2 Å². The molecule has 138 valence electrons. The normalized spacial score (nSPS) is 16.4. The van der Waals surface area contributed by atoms with Crippen molar-refractivity contribution in [3.63, 3.8) is 0 Å². The molecule has 2 N–H and O–H groups in total. The van der Waals surface area contributed by atoms with Gasteiger partial charge in [0.15, 0.2) is 0 Å². The minimum absolute atomic E-state index is 0.0141. The SMILES string of the molecule is O=C(CSc1cc(NCc2ccc(Cl)cc2)ncn1)NCC1CCCO1. The van der Waals surface area contributed by atoms with Crippen molar-refractivity contribution in [2.24, 2.45) is 0 Å². The van der Waals surface area contributed by atoms with Crippen molar-refractivity contribution >= 4 is 35.1 Å². The summed E-state index contributed by atoms with van der Waals surface area (Å²) in [6, 6.07) is 9.48. The molecule has 1 aromatic carbocycles. The number of nitrogens with one attached hydrogen (secondary N) is 2. The monoisotopic (exact) mass is 392 g/mol. The minimum atomic E-state index is -0.0141. The van der Waals surface area contributed by atoms with Crippen LogP contribution in [0.15, 0.2) is 41.7 Å². The average Bonchev–Trinajstić information content (AvgIpc) is 3.18. The number of thioether (sulfide) groups is 1. The molecule has 2 heterocycles. The van der Waals surface area contributed by atoms with E-state index in [2.05, 4.69) is 20.6 Å². The van der Waals surface area contributed by atoms with Crippen molar-refractivity contribution in [1.82, 2.24) is 15.3 Å². The van der Waals surface area contributed by atoms with Crippen LogP contribution in [0.2, 0.25) is 5.02 Å². The first-order valence-electron chi connectivity index (χ1n) is 8.50. The lowest BCUT2D eigenvalue weighted by atomic mass is 10.2. The first-order chi connectivity index (χ1) is 12.7. The van der Waals surface area contributed by atoms with E-state index in [0.29, 0.717) is 23.9 Å². The van der Waals surface area contributed by atoms with Crippen LogP contribution in [-0.2, 0) is 16.1 Å². The number of anilines is 1. The predicted molar refractivity (Wildman–Crippen MR) is 104 cm³/mol. The Morgan fingerprint density at radius 1 is 1.31 bits per heavy atom. The Balaban J connectivity index is 1.42. The van der Waals surface area contributed by atoms with Gasteiger partial charge in [-0.3, -0.25) is 4.79 Å². The number of carbonyl (C=O) groups excluding carboxylic acids is 1. The van der Waals surface area contributed by atoms with Crippen LogP contribution in [0.1, 0.15) is 18.4 Å². The third kappa shape index (κ3) is 6.16. The summed E-state index contributed by atoms with van der Waals surface area (Å²) in [5.41, 5.74) is 1.11. The van der Waals surface area contributed by atoms with E-state index in [-0.39, 0.29) is 12.0 Å². The molecule has 6 nitrogen and oxygen atoms in total. The van der Waals surface area contributed by atoms with Crippen molar-refractivity contribution in [3.8, 4) is 0 Å². The lowest BCUT2D eigenvalue weighted by Gasteiger charge is -2.10. The van der Waals surface area contributed by atoms with Crippen molar-refractivity contribution in [2.45, 2.75) is 30.5 Å². The second kappa shape index (κ2) is 9.75. The molecule has 1 fully saturated rings. The summed E-state index contributed by atoms with van der Waals surface area (Å²) in [6.07, 6.45) is 3.74. The highest BCUT2D eigenvalue weighted by atomic mass is 35.5. The molecule has 3 rings (SSSR count). The highest BCUT2D eigenvalue weighted by Crippen LogP contribution is 2.18. The molecule has 0 radical (unpaired) electrons. The molecule has 0 aliphatic carbocycles. The standard InChI is InChI=1S/C18H21ClN4O2S/c19-14-5-3-13(4-6-14)9-20-16-8-18(23-12-22-16)26-11-17(24)21-10-15-2-1-7-25-15/h3-6,8,12,15H,1-2,7,9-11H2,(H,21,24)(H,20,22,23). The smallest absolute Gasteiger partial charge is 0.230 e. The number of benzene rings is 1. The van der Waals surface area contributed by atoms with Crippen LogP contribution in [-0.4, -0.2) is 40.9 Å². The number of rotatable bonds is 8. The molecule has 0 saturated carbocycles. The number of amides is 1. The third-order valence-corrected chi connectivity index (χ3v) is 5.11. The lowest BCUT2D eigenvalue weighted by molar-refractivity contribution is -0.119. The third-order valence-electron chi connectivity index (χ3n) is 3.93. The van der Waals surface area contributed by atoms with Gasteiger partial charge in [-0.25, -0.2) is 9.97 Å². The first-order valence-corrected chi connectivity index (χ1v) is 9.87. The van der Waals surface area contributed by atoms with Gasteiger partial charge in [-0.2, -0.15) is 0 Å². The van der Waals surface area contributed by atoms with E-state index >= 15 is 0 Å². The van der Waals surface area contributed by atoms with E-state index in [4.69, 9.17) is 16.3 Å². The summed E-state index contributed by atoms with van der Waals surface area (Å²) in [5.74, 6) is 1.03. The Morgan fingerprint density at radius 2 is 2.15 bits per heavy atom. The maximum Gasteiger partial charge on any atom is 0.230 e. The van der Waals surface area contributed by atoms with Crippen LogP contribution in [0.3, 0.4) is 0 Å². The molecule has 1 aromatic heterocycles. The fourth-order valence-electron chi connectivity index (χ4n) is 2.53. The Labute approximate surface area is 162 Å². The van der Waals surface area contributed by atoms with Gasteiger partial charge in [0, 0.05) is 30.8 Å². The second-order valence-corrected chi connectivity index (χ2v) is 7.38. The Morgan fingerprint density at radius 3 is 2.92 bits per heavy atom. The Hall–Kier alpha value is -1.83.